The van der Waals surface area contributed by atoms with Crippen LogP contribution in [0.5, 0.6) is 0 Å². The first-order valence-electron chi connectivity index (χ1n) is 5.23. The summed E-state index contributed by atoms with van der Waals surface area (Å²) in [7, 11) is -4.50. The fraction of sp³-hybridized carbons (Fsp3) is 0.778. The lowest BCUT2D eigenvalue weighted by Gasteiger charge is -2.09. The van der Waals surface area contributed by atoms with Crippen molar-refractivity contribution < 1.29 is 44.0 Å². The highest BCUT2D eigenvalue weighted by Crippen LogP contribution is 2.35. The van der Waals surface area contributed by atoms with Gasteiger partial charge >= 0.3 is 7.82 Å². The Morgan fingerprint density at radius 2 is 1.68 bits per heavy atom. The molecule has 0 aliphatic rings. The second kappa shape index (κ2) is 12.7. The number of rotatable bonds is 9. The van der Waals surface area contributed by atoms with Gasteiger partial charge in [0.05, 0.1) is 33.0 Å². The molecule has 0 heterocycles. The maximum Gasteiger partial charge on any atom is 0.469 e. The summed E-state index contributed by atoms with van der Waals surface area (Å²) in [6.45, 7) is 2.33. The second-order valence-corrected chi connectivity index (χ2v) is 4.47. The predicted molar refractivity (Wildman–Crippen MR) is 65.2 cm³/mol. The third-order valence-electron chi connectivity index (χ3n) is 1.50. The minimum atomic E-state index is -4.50. The molecule has 19 heavy (non-hydrogen) atoms. The first-order chi connectivity index (χ1) is 8.80. The summed E-state index contributed by atoms with van der Waals surface area (Å²) >= 11 is 0. The van der Waals surface area contributed by atoms with Crippen LogP contribution in [0.1, 0.15) is 0 Å². The number of phosphoric acid groups is 1. The lowest BCUT2D eigenvalue weighted by Crippen LogP contribution is -2.21. The molecule has 0 aromatic heterocycles. The molecule has 0 aliphatic heterocycles. The van der Waals surface area contributed by atoms with Crippen LogP contribution in [-0.2, 0) is 13.8 Å². The van der Waals surface area contributed by atoms with Crippen LogP contribution in [0.4, 0.5) is 0 Å². The van der Waals surface area contributed by atoms with Crippen LogP contribution < -0.4 is 0 Å². The molecule has 0 spiro atoms. The number of ether oxygens (including phenoxy) is 1. The molecule has 0 aromatic rings. The standard InChI is InChI=1S/C6H12O3.C3H9O6P/c1-2-3-9-6(4-7)5-8;4-1-3(5)2-9-10(6,7)8/h2,6-8H,1,3-5H2;3-5H,1-2H2,(H2,6,7,8). The van der Waals surface area contributed by atoms with Gasteiger partial charge in [0.15, 0.2) is 0 Å². The summed E-state index contributed by atoms with van der Waals surface area (Å²) in [5.74, 6) is 0. The van der Waals surface area contributed by atoms with Crippen LogP contribution in [0.2, 0.25) is 0 Å². The largest absolute Gasteiger partial charge is 0.469 e. The van der Waals surface area contributed by atoms with E-state index in [1.807, 2.05) is 0 Å². The van der Waals surface area contributed by atoms with Crippen molar-refractivity contribution in [2.75, 3.05) is 33.0 Å². The molecule has 0 radical (unpaired) electrons. The van der Waals surface area contributed by atoms with Gasteiger partial charge in [-0.3, -0.25) is 4.52 Å². The van der Waals surface area contributed by atoms with Gasteiger partial charge in [-0.2, -0.15) is 0 Å². The van der Waals surface area contributed by atoms with Crippen LogP contribution in [0, 0.1) is 0 Å². The van der Waals surface area contributed by atoms with E-state index in [9.17, 15) is 4.57 Å². The first-order valence-corrected chi connectivity index (χ1v) is 6.76. The Hall–Kier alpha value is -0.350. The molecule has 1 atom stereocenters. The summed E-state index contributed by atoms with van der Waals surface area (Å²) in [5.41, 5.74) is 0. The van der Waals surface area contributed by atoms with Crippen molar-refractivity contribution in [2.45, 2.75) is 12.2 Å². The molecule has 9 nitrogen and oxygen atoms in total. The van der Waals surface area contributed by atoms with E-state index in [-0.39, 0.29) is 13.2 Å². The van der Waals surface area contributed by atoms with E-state index in [1.165, 1.54) is 0 Å². The average Bonchev–Trinajstić information content (AvgIpc) is 2.37. The number of aliphatic hydroxyl groups excluding tert-OH is 4. The summed E-state index contributed by atoms with van der Waals surface area (Å²) in [6.07, 6.45) is -0.131. The number of aliphatic hydroxyl groups is 4. The predicted octanol–water partition coefficient (Wildman–Crippen LogP) is -2.01. The molecule has 0 rings (SSSR count). The fourth-order valence-corrected chi connectivity index (χ4v) is 0.969. The van der Waals surface area contributed by atoms with Gasteiger partial charge in [0.25, 0.3) is 0 Å². The molecule has 0 fully saturated rings. The molecule has 0 saturated carbocycles. The van der Waals surface area contributed by atoms with Crippen molar-refractivity contribution in [3.8, 4) is 0 Å². The first kappa shape index (κ1) is 21.0. The van der Waals surface area contributed by atoms with E-state index in [1.54, 1.807) is 6.08 Å². The van der Waals surface area contributed by atoms with E-state index in [4.69, 9.17) is 34.9 Å². The maximum absolute atomic E-state index is 9.93. The molecule has 0 saturated heterocycles. The Morgan fingerprint density at radius 3 is 2.00 bits per heavy atom. The highest BCUT2D eigenvalue weighted by atomic mass is 31.2. The second-order valence-electron chi connectivity index (χ2n) is 3.23. The Morgan fingerprint density at radius 1 is 1.16 bits per heavy atom. The van der Waals surface area contributed by atoms with Gasteiger partial charge in [-0.05, 0) is 0 Å². The smallest absolute Gasteiger partial charge is 0.394 e. The number of phosphoric ester groups is 1. The van der Waals surface area contributed by atoms with Gasteiger partial charge in [0, 0.05) is 0 Å². The third kappa shape index (κ3) is 17.6. The zero-order valence-corrected chi connectivity index (χ0v) is 11.2. The summed E-state index contributed by atoms with van der Waals surface area (Å²) < 4.78 is 18.6. The number of hydrogen-bond donors (Lipinski definition) is 6. The van der Waals surface area contributed by atoms with Crippen LogP contribution in [0.25, 0.3) is 0 Å². The highest BCUT2D eigenvalue weighted by molar-refractivity contribution is 7.46. The lowest BCUT2D eigenvalue weighted by atomic mass is 10.4. The molecule has 0 aliphatic carbocycles. The monoisotopic (exact) mass is 304 g/mol. The Bertz CT molecular complexity index is 250. The van der Waals surface area contributed by atoms with E-state index in [2.05, 4.69) is 11.1 Å². The molecule has 10 heteroatoms. The Balaban J connectivity index is 0. The van der Waals surface area contributed by atoms with Gasteiger partial charge in [-0.15, -0.1) is 6.58 Å². The quantitative estimate of drug-likeness (QED) is 0.209. The molecular formula is C9H21O9P. The van der Waals surface area contributed by atoms with Crippen molar-refractivity contribution in [3.05, 3.63) is 12.7 Å². The Labute approximate surface area is 111 Å². The average molecular weight is 304 g/mol. The molecular weight excluding hydrogens is 283 g/mol. The van der Waals surface area contributed by atoms with Gasteiger partial charge < -0.3 is 34.9 Å². The Kier molecular flexibility index (Phi) is 14.0. The zero-order chi connectivity index (χ0) is 15.3. The summed E-state index contributed by atoms with van der Waals surface area (Å²) in [6, 6.07) is 0. The van der Waals surface area contributed by atoms with Crippen molar-refractivity contribution >= 4 is 7.82 Å². The van der Waals surface area contributed by atoms with E-state index < -0.39 is 33.2 Å². The minimum absolute atomic E-state index is 0.148. The van der Waals surface area contributed by atoms with Crippen molar-refractivity contribution in [3.63, 3.8) is 0 Å². The molecule has 1 unspecified atom stereocenters. The van der Waals surface area contributed by atoms with Gasteiger partial charge in [0.1, 0.15) is 12.2 Å². The van der Waals surface area contributed by atoms with E-state index in [0.717, 1.165) is 0 Å². The van der Waals surface area contributed by atoms with Crippen LogP contribution in [0.3, 0.4) is 0 Å². The molecule has 0 amide bonds. The van der Waals surface area contributed by atoms with Crippen LogP contribution in [0.15, 0.2) is 12.7 Å². The topological polar surface area (TPSA) is 157 Å². The molecule has 0 aromatic carbocycles. The van der Waals surface area contributed by atoms with Crippen molar-refractivity contribution in [1.82, 2.24) is 0 Å². The summed E-state index contributed by atoms with van der Waals surface area (Å²) in [4.78, 5) is 16.1. The molecule has 6 N–H and O–H groups in total. The van der Waals surface area contributed by atoms with Crippen molar-refractivity contribution in [1.29, 1.82) is 0 Å². The maximum atomic E-state index is 9.93. The van der Waals surface area contributed by atoms with Crippen molar-refractivity contribution in [2.24, 2.45) is 0 Å². The van der Waals surface area contributed by atoms with E-state index >= 15 is 0 Å². The highest BCUT2D eigenvalue weighted by Gasteiger charge is 2.15. The van der Waals surface area contributed by atoms with Gasteiger partial charge in [-0.25, -0.2) is 4.57 Å². The van der Waals surface area contributed by atoms with Gasteiger partial charge in [-0.1, -0.05) is 6.08 Å². The van der Waals surface area contributed by atoms with E-state index in [0.29, 0.717) is 6.61 Å². The molecule has 116 valence electrons. The summed E-state index contributed by atoms with van der Waals surface area (Å²) in [5, 5.41) is 33.5. The lowest BCUT2D eigenvalue weighted by molar-refractivity contribution is -0.00709. The molecule has 0 bridgehead atoms. The normalized spacial score (nSPS) is 12.8. The van der Waals surface area contributed by atoms with Crippen LogP contribution >= 0.6 is 7.82 Å². The SMILES string of the molecule is C=CCOC(CO)CO.O=P(O)(O)OCC(O)CO. The third-order valence-corrected chi connectivity index (χ3v) is 1.99. The zero-order valence-electron chi connectivity index (χ0n) is 10.3. The fourth-order valence-electron chi connectivity index (χ4n) is 0.603. The number of hydrogen-bond acceptors (Lipinski definition) is 7. The van der Waals surface area contributed by atoms with Gasteiger partial charge in [0.2, 0.25) is 0 Å². The minimum Gasteiger partial charge on any atom is -0.394 e. The van der Waals surface area contributed by atoms with Crippen LogP contribution in [-0.4, -0.2) is 75.5 Å².